The summed E-state index contributed by atoms with van der Waals surface area (Å²) in [6.45, 7) is 1.82. The molecule has 0 fully saturated rings. The Bertz CT molecular complexity index is 857. The van der Waals surface area contributed by atoms with Gasteiger partial charge in [0, 0.05) is 29.6 Å². The van der Waals surface area contributed by atoms with Crippen molar-refractivity contribution in [2.75, 3.05) is 4.90 Å². The first kappa shape index (κ1) is 19.1. The summed E-state index contributed by atoms with van der Waals surface area (Å²) in [6, 6.07) is 14.4. The van der Waals surface area contributed by atoms with E-state index in [4.69, 9.17) is 11.6 Å². The third-order valence-electron chi connectivity index (χ3n) is 4.49. The number of nitrogens with one attached hydrogen (secondary N) is 2. The summed E-state index contributed by atoms with van der Waals surface area (Å²) in [5.41, 5.74) is 7.81. The fourth-order valence-corrected chi connectivity index (χ4v) is 3.41. The number of hydrogen-bond acceptors (Lipinski definition) is 4. The van der Waals surface area contributed by atoms with E-state index in [1.165, 1.54) is 0 Å². The maximum atomic E-state index is 13.2. The molecule has 2 aromatic rings. The molecule has 140 valence electrons. The van der Waals surface area contributed by atoms with Gasteiger partial charge in [-0.2, -0.15) is 0 Å². The molecule has 6 nitrogen and oxygen atoms in total. The van der Waals surface area contributed by atoms with E-state index in [0.717, 1.165) is 16.9 Å². The van der Waals surface area contributed by atoms with Crippen LogP contribution in [0, 0.1) is 0 Å². The van der Waals surface area contributed by atoms with Crippen LogP contribution in [0.2, 0.25) is 5.02 Å². The first-order valence-corrected chi connectivity index (χ1v) is 9.07. The fraction of sp³-hybridized carbons (Fsp3) is 0.250. The molecule has 2 unspecified atom stereocenters. The van der Waals surface area contributed by atoms with Crippen LogP contribution in [0.25, 0.3) is 0 Å². The van der Waals surface area contributed by atoms with E-state index >= 15 is 0 Å². The molecule has 2 atom stereocenters. The van der Waals surface area contributed by atoms with Gasteiger partial charge in [-0.1, -0.05) is 29.8 Å². The zero-order chi connectivity index (χ0) is 19.4. The second-order valence-electron chi connectivity index (χ2n) is 6.38. The van der Waals surface area contributed by atoms with E-state index < -0.39 is 5.92 Å². The number of rotatable bonds is 7. The van der Waals surface area contributed by atoms with E-state index in [1.54, 1.807) is 17.0 Å². The number of carbonyl (C=O) groups excluding carboxylic acids is 3. The van der Waals surface area contributed by atoms with Gasteiger partial charge in [-0.25, -0.2) is 5.43 Å². The minimum Gasteiger partial charge on any atom is -0.303 e. The van der Waals surface area contributed by atoms with Crippen molar-refractivity contribution in [3.8, 4) is 0 Å². The molecule has 0 aliphatic carbocycles. The quantitative estimate of drug-likeness (QED) is 0.567. The molecule has 0 aromatic heterocycles. The van der Waals surface area contributed by atoms with E-state index in [1.807, 2.05) is 43.3 Å². The maximum absolute atomic E-state index is 13.2. The van der Waals surface area contributed by atoms with Gasteiger partial charge in [0.2, 0.25) is 11.8 Å². The number of hydrogen-bond donors (Lipinski definition) is 2. The van der Waals surface area contributed by atoms with Gasteiger partial charge < -0.3 is 4.79 Å². The molecule has 1 aliphatic heterocycles. The second kappa shape index (κ2) is 8.33. The third-order valence-corrected chi connectivity index (χ3v) is 4.73. The van der Waals surface area contributed by atoms with Gasteiger partial charge in [-0.3, -0.25) is 19.9 Å². The lowest BCUT2D eigenvalue weighted by Crippen LogP contribution is -2.47. The monoisotopic (exact) mass is 385 g/mol. The molecule has 1 aliphatic rings. The minimum atomic E-state index is -0.509. The molecule has 0 spiro atoms. The highest BCUT2D eigenvalue weighted by atomic mass is 35.5. The summed E-state index contributed by atoms with van der Waals surface area (Å²) < 4.78 is 0. The number of fused-ring (bicyclic) bond motifs is 1. The first-order chi connectivity index (χ1) is 13.0. The Morgan fingerprint density at radius 3 is 2.70 bits per heavy atom. The highest BCUT2D eigenvalue weighted by Crippen LogP contribution is 2.44. The minimum absolute atomic E-state index is 0.0967. The van der Waals surface area contributed by atoms with E-state index in [0.29, 0.717) is 11.3 Å². The van der Waals surface area contributed by atoms with Crippen LogP contribution in [0.1, 0.15) is 31.2 Å². The summed E-state index contributed by atoms with van der Waals surface area (Å²) in [5.74, 6) is -0.906. The summed E-state index contributed by atoms with van der Waals surface area (Å²) in [5, 5.41) is 0.545. The molecule has 1 heterocycles. The Kier molecular flexibility index (Phi) is 5.88. The molecule has 0 saturated heterocycles. The summed E-state index contributed by atoms with van der Waals surface area (Å²) >= 11 is 6.17. The van der Waals surface area contributed by atoms with Gasteiger partial charge in [-0.15, -0.1) is 0 Å². The van der Waals surface area contributed by atoms with Gasteiger partial charge in [0.1, 0.15) is 6.29 Å². The molecule has 0 radical (unpaired) electrons. The molecule has 2 amide bonds. The Balaban J connectivity index is 1.85. The third kappa shape index (κ3) is 4.02. The van der Waals surface area contributed by atoms with Crippen molar-refractivity contribution in [3.63, 3.8) is 0 Å². The van der Waals surface area contributed by atoms with Crippen LogP contribution in [0.3, 0.4) is 0 Å². The topological polar surface area (TPSA) is 78.5 Å². The van der Waals surface area contributed by atoms with Crippen LogP contribution in [0.5, 0.6) is 0 Å². The molecule has 0 bridgehead atoms. The molecule has 3 rings (SSSR count). The number of para-hydroxylation sites is 1. The standard InChI is InChI=1S/C20H20ClN3O3/c1-13(22-23-18(26)8-5-11-25)19-16-12-14(21)9-10-17(16)24(20(19)27)15-6-3-2-4-7-15/h2-4,6-7,9-13,19,22H,5,8H2,1H3,(H,23,26). The summed E-state index contributed by atoms with van der Waals surface area (Å²) in [4.78, 5) is 37.0. The van der Waals surface area contributed by atoms with Gasteiger partial charge in [0.05, 0.1) is 11.6 Å². The van der Waals surface area contributed by atoms with Crippen LogP contribution in [-0.4, -0.2) is 24.1 Å². The molecular weight excluding hydrogens is 366 g/mol. The highest BCUT2D eigenvalue weighted by Gasteiger charge is 2.41. The number of anilines is 2. The SMILES string of the molecule is CC(NNC(=O)CCC=O)C1C(=O)N(c2ccccc2)c2ccc(Cl)cc21. The normalized spacial score (nSPS) is 16.7. The average molecular weight is 386 g/mol. The van der Waals surface area contributed by atoms with E-state index in [2.05, 4.69) is 10.9 Å². The van der Waals surface area contributed by atoms with Crippen LogP contribution in [0.4, 0.5) is 11.4 Å². The van der Waals surface area contributed by atoms with Crippen LogP contribution in [-0.2, 0) is 14.4 Å². The van der Waals surface area contributed by atoms with Crippen LogP contribution < -0.4 is 15.8 Å². The number of carbonyl (C=O) groups is 3. The Morgan fingerprint density at radius 1 is 1.26 bits per heavy atom. The predicted octanol–water partition coefficient (Wildman–Crippen LogP) is 3.09. The van der Waals surface area contributed by atoms with Crippen molar-refractivity contribution in [1.29, 1.82) is 0 Å². The number of aldehydes is 1. The molecule has 2 N–H and O–H groups in total. The Hall–Kier alpha value is -2.70. The average Bonchev–Trinajstić information content (AvgIpc) is 2.96. The Morgan fingerprint density at radius 2 is 2.00 bits per heavy atom. The largest absolute Gasteiger partial charge is 0.303 e. The van der Waals surface area contributed by atoms with Gasteiger partial charge in [0.25, 0.3) is 0 Å². The predicted molar refractivity (Wildman–Crippen MR) is 104 cm³/mol. The van der Waals surface area contributed by atoms with Crippen molar-refractivity contribution in [3.05, 3.63) is 59.1 Å². The van der Waals surface area contributed by atoms with Gasteiger partial charge in [0.15, 0.2) is 0 Å². The number of halogens is 1. The number of benzene rings is 2. The zero-order valence-corrected chi connectivity index (χ0v) is 15.6. The van der Waals surface area contributed by atoms with Crippen LogP contribution in [0.15, 0.2) is 48.5 Å². The highest BCUT2D eigenvalue weighted by molar-refractivity contribution is 6.31. The molecule has 0 saturated carbocycles. The van der Waals surface area contributed by atoms with Gasteiger partial charge >= 0.3 is 0 Å². The lowest BCUT2D eigenvalue weighted by atomic mass is 9.94. The van der Waals surface area contributed by atoms with E-state index in [-0.39, 0.29) is 30.7 Å². The van der Waals surface area contributed by atoms with Crippen molar-refractivity contribution in [1.82, 2.24) is 10.9 Å². The first-order valence-electron chi connectivity index (χ1n) is 8.69. The molecule has 7 heteroatoms. The van der Waals surface area contributed by atoms with Crippen molar-refractivity contribution in [2.24, 2.45) is 0 Å². The van der Waals surface area contributed by atoms with Gasteiger partial charge in [-0.05, 0) is 42.8 Å². The lowest BCUT2D eigenvalue weighted by molar-refractivity contribution is -0.124. The molecular formula is C20H20ClN3O3. The smallest absolute Gasteiger partial charge is 0.240 e. The molecule has 27 heavy (non-hydrogen) atoms. The fourth-order valence-electron chi connectivity index (χ4n) is 3.23. The van der Waals surface area contributed by atoms with E-state index in [9.17, 15) is 14.4 Å². The number of amides is 2. The number of nitrogens with zero attached hydrogens (tertiary/aromatic N) is 1. The summed E-state index contributed by atoms with van der Waals surface area (Å²) in [6.07, 6.45) is 0.949. The van der Waals surface area contributed by atoms with Crippen molar-refractivity contribution < 1.29 is 14.4 Å². The summed E-state index contributed by atoms with van der Waals surface area (Å²) in [7, 11) is 0. The second-order valence-corrected chi connectivity index (χ2v) is 6.81. The van der Waals surface area contributed by atoms with Crippen molar-refractivity contribution >= 4 is 41.1 Å². The molecule has 2 aromatic carbocycles. The van der Waals surface area contributed by atoms with Crippen molar-refractivity contribution in [2.45, 2.75) is 31.7 Å². The lowest BCUT2D eigenvalue weighted by Gasteiger charge is -2.22. The zero-order valence-electron chi connectivity index (χ0n) is 14.8. The maximum Gasteiger partial charge on any atom is 0.240 e. The Labute approximate surface area is 162 Å². The van der Waals surface area contributed by atoms with Crippen LogP contribution >= 0.6 is 11.6 Å². The number of hydrazine groups is 1.